The lowest BCUT2D eigenvalue weighted by atomic mass is 9.87. The number of anilines is 2. The Labute approximate surface area is 344 Å². The number of carbonyl (C=O) groups excluding carboxylic acids is 5. The minimum atomic E-state index is -0.728. The van der Waals surface area contributed by atoms with E-state index in [1.165, 1.54) is 5.56 Å². The van der Waals surface area contributed by atoms with Crippen LogP contribution < -0.4 is 26.2 Å². The largest absolute Gasteiger partial charge is 0.370 e. The predicted octanol–water partition coefficient (Wildman–Crippen LogP) is 2.53. The van der Waals surface area contributed by atoms with E-state index in [-0.39, 0.29) is 42.2 Å². The Morgan fingerprint density at radius 2 is 1.63 bits per heavy atom. The molecule has 5 saturated heterocycles. The van der Waals surface area contributed by atoms with Crippen molar-refractivity contribution in [3.8, 4) is 0 Å². The number of urea groups is 1. The second-order valence-corrected chi connectivity index (χ2v) is 16.8. The van der Waals surface area contributed by atoms with Crippen molar-refractivity contribution in [3.63, 3.8) is 0 Å². The second-order valence-electron chi connectivity index (χ2n) is 16.8. The topological polar surface area (TPSA) is 190 Å². The zero-order valence-corrected chi connectivity index (χ0v) is 33.9. The van der Waals surface area contributed by atoms with Crippen LogP contribution in [0.5, 0.6) is 0 Å². The monoisotopic (exact) mass is 805 g/mol. The highest BCUT2D eigenvalue weighted by molar-refractivity contribution is 6.03. The molecule has 2 atom stereocenters. The third-order valence-corrected chi connectivity index (χ3v) is 12.9. The van der Waals surface area contributed by atoms with Gasteiger partial charge in [-0.25, -0.2) is 19.7 Å². The van der Waals surface area contributed by atoms with E-state index < -0.39 is 23.8 Å². The van der Waals surface area contributed by atoms with E-state index >= 15 is 0 Å². The highest BCUT2D eigenvalue weighted by Crippen LogP contribution is 2.31. The maximum atomic E-state index is 12.7. The number of hydrogen-bond donors (Lipinski definition) is 3. The first-order valence-electron chi connectivity index (χ1n) is 21.2. The van der Waals surface area contributed by atoms with Crippen LogP contribution in [0.4, 0.5) is 16.3 Å². The molecule has 8 rings (SSSR count). The number of likely N-dealkylation sites (N-methyl/N-ethyl adjacent to an activating group) is 1. The summed E-state index contributed by atoms with van der Waals surface area (Å²) in [5.74, 6) is 0.0377. The number of rotatable bonds is 11. The Hall–Kier alpha value is -5.64. The van der Waals surface area contributed by atoms with Gasteiger partial charge in [-0.15, -0.1) is 0 Å². The fourth-order valence-corrected chi connectivity index (χ4v) is 9.38. The van der Waals surface area contributed by atoms with Gasteiger partial charge in [0.25, 0.3) is 11.8 Å². The molecular formula is C43H55N11O5. The standard InChI is InChI=1S/C43H55N11O5/c1-50-21-22-54(43(50)59)33-3-2-16-53(27-33)37-25-46-39(40(44)56)36(47-37)23-28-4-6-30(7-5-28)31-14-17-51(18-15-31)26-29-12-19-52(20-13-29)32-8-9-34(45-24-32)41(57)48-35-10-11-38(55)49-42(35)58/h4-9,24-25,29,31,33,35H,2-3,10-23,26-27H2,1H3,(H2,44,56)(H,48,57)(H,49,55,58)/t33-,35?/m0/s1. The van der Waals surface area contributed by atoms with Crippen LogP contribution >= 0.6 is 0 Å². The fraction of sp³-hybridized carbons (Fsp3) is 0.535. The number of primary amides is 1. The van der Waals surface area contributed by atoms with Crippen LogP contribution in [0.3, 0.4) is 0 Å². The SMILES string of the molecule is CN1CCN([C@H]2CCCN(c3cnc(C(N)=O)c(Cc4ccc(C5CCN(CC6CCN(c7ccc(C(=O)NC8CCC(=O)NC8=O)nc7)CC6)CC5)cc4)n3)C2)C1=O. The van der Waals surface area contributed by atoms with Gasteiger partial charge in [-0.3, -0.25) is 24.5 Å². The number of piperidine rings is 4. The number of benzene rings is 1. The lowest BCUT2D eigenvalue weighted by Gasteiger charge is -2.38. The first-order valence-corrected chi connectivity index (χ1v) is 21.2. The van der Waals surface area contributed by atoms with Gasteiger partial charge in [-0.1, -0.05) is 24.3 Å². The molecule has 0 spiro atoms. The lowest BCUT2D eigenvalue weighted by molar-refractivity contribution is -0.134. The molecule has 59 heavy (non-hydrogen) atoms. The average Bonchev–Trinajstić information content (AvgIpc) is 3.59. The minimum absolute atomic E-state index is 0.0796. The van der Waals surface area contributed by atoms with Gasteiger partial charge in [-0.05, 0) is 93.1 Å². The Morgan fingerprint density at radius 1 is 0.847 bits per heavy atom. The lowest BCUT2D eigenvalue weighted by Crippen LogP contribution is -2.52. The van der Waals surface area contributed by atoms with Gasteiger partial charge in [0.2, 0.25) is 11.8 Å². The smallest absolute Gasteiger partial charge is 0.320 e. The zero-order valence-electron chi connectivity index (χ0n) is 33.9. The molecule has 4 N–H and O–H groups in total. The van der Waals surface area contributed by atoms with Crippen molar-refractivity contribution >= 4 is 41.2 Å². The molecule has 5 fully saturated rings. The van der Waals surface area contributed by atoms with Crippen LogP contribution in [0.2, 0.25) is 0 Å². The molecule has 1 unspecified atom stereocenters. The molecule has 1 aromatic carbocycles. The molecule has 16 nitrogen and oxygen atoms in total. The van der Waals surface area contributed by atoms with Gasteiger partial charge >= 0.3 is 6.03 Å². The summed E-state index contributed by atoms with van der Waals surface area (Å²) >= 11 is 0. The third-order valence-electron chi connectivity index (χ3n) is 12.9. The molecule has 0 radical (unpaired) electrons. The van der Waals surface area contributed by atoms with Crippen molar-refractivity contribution in [2.45, 2.75) is 75.8 Å². The Kier molecular flexibility index (Phi) is 12.0. The number of pyridine rings is 1. The van der Waals surface area contributed by atoms with Crippen LogP contribution in [0.15, 0.2) is 48.8 Å². The molecule has 6 amide bonds. The summed E-state index contributed by atoms with van der Waals surface area (Å²) in [6.07, 6.45) is 10.6. The molecule has 0 aliphatic carbocycles. The summed E-state index contributed by atoms with van der Waals surface area (Å²) in [5, 5.41) is 4.94. The molecule has 0 saturated carbocycles. The first kappa shape index (κ1) is 40.2. The molecule has 16 heteroatoms. The van der Waals surface area contributed by atoms with Gasteiger partial charge in [-0.2, -0.15) is 0 Å². The summed E-state index contributed by atoms with van der Waals surface area (Å²) in [5.41, 5.74) is 10.1. The highest BCUT2D eigenvalue weighted by atomic mass is 16.2. The van der Waals surface area contributed by atoms with E-state index in [9.17, 15) is 24.0 Å². The van der Waals surface area contributed by atoms with E-state index in [2.05, 4.69) is 59.6 Å². The van der Waals surface area contributed by atoms with Crippen LogP contribution in [-0.2, 0) is 16.0 Å². The van der Waals surface area contributed by atoms with Gasteiger partial charge in [0.05, 0.1) is 29.8 Å². The third kappa shape index (κ3) is 9.32. The van der Waals surface area contributed by atoms with E-state index in [4.69, 9.17) is 10.7 Å². The average molecular weight is 806 g/mol. The maximum absolute atomic E-state index is 12.7. The van der Waals surface area contributed by atoms with Crippen LogP contribution in [0.25, 0.3) is 0 Å². The maximum Gasteiger partial charge on any atom is 0.320 e. The van der Waals surface area contributed by atoms with Crippen molar-refractivity contribution in [1.29, 1.82) is 0 Å². The normalized spacial score (nSPS) is 22.5. The number of amides is 6. The van der Waals surface area contributed by atoms with Crippen molar-refractivity contribution in [2.75, 3.05) is 75.8 Å². The van der Waals surface area contributed by atoms with Crippen molar-refractivity contribution in [2.24, 2.45) is 11.7 Å². The molecule has 2 aromatic heterocycles. The number of nitrogens with zero attached hydrogens (tertiary/aromatic N) is 8. The minimum Gasteiger partial charge on any atom is -0.370 e. The summed E-state index contributed by atoms with van der Waals surface area (Å²) in [6, 6.07) is 11.8. The Morgan fingerprint density at radius 3 is 2.31 bits per heavy atom. The quantitative estimate of drug-likeness (QED) is 0.242. The van der Waals surface area contributed by atoms with Crippen molar-refractivity contribution in [3.05, 3.63) is 77.0 Å². The number of nitrogens with two attached hydrogens (primary N) is 1. The molecule has 5 aliphatic heterocycles. The predicted molar refractivity (Wildman–Crippen MR) is 221 cm³/mol. The van der Waals surface area contributed by atoms with Crippen LogP contribution in [0.1, 0.15) is 95.1 Å². The number of imide groups is 1. The van der Waals surface area contributed by atoms with Gasteiger partial charge in [0.15, 0.2) is 0 Å². The van der Waals surface area contributed by atoms with E-state index in [1.54, 1.807) is 23.4 Å². The first-order chi connectivity index (χ1) is 28.6. The number of likely N-dealkylation sites (tertiary alicyclic amines) is 1. The van der Waals surface area contributed by atoms with Crippen LogP contribution in [0, 0.1) is 5.92 Å². The molecular weight excluding hydrogens is 751 g/mol. The molecule has 7 heterocycles. The molecule has 3 aromatic rings. The van der Waals surface area contributed by atoms with Gasteiger partial charge in [0, 0.05) is 65.7 Å². The number of aromatic nitrogens is 3. The summed E-state index contributed by atoms with van der Waals surface area (Å²) in [4.78, 5) is 85.8. The van der Waals surface area contributed by atoms with Crippen molar-refractivity contribution in [1.82, 2.24) is 40.3 Å². The summed E-state index contributed by atoms with van der Waals surface area (Å²) in [6.45, 7) is 8.11. The molecule has 5 aliphatic rings. The van der Waals surface area contributed by atoms with Gasteiger partial charge < -0.3 is 35.6 Å². The van der Waals surface area contributed by atoms with Crippen LogP contribution in [-0.4, -0.2) is 137 Å². The number of nitrogens with one attached hydrogen (secondary N) is 2. The number of carbonyl (C=O) groups is 5. The molecule has 312 valence electrons. The highest BCUT2D eigenvalue weighted by Gasteiger charge is 2.35. The fourth-order valence-electron chi connectivity index (χ4n) is 9.38. The Bertz CT molecular complexity index is 2030. The van der Waals surface area contributed by atoms with E-state index in [0.717, 1.165) is 102 Å². The second kappa shape index (κ2) is 17.7. The van der Waals surface area contributed by atoms with Crippen molar-refractivity contribution < 1.29 is 24.0 Å². The van der Waals surface area contributed by atoms with Gasteiger partial charge in [0.1, 0.15) is 23.2 Å². The van der Waals surface area contributed by atoms with E-state index in [0.29, 0.717) is 36.3 Å². The summed E-state index contributed by atoms with van der Waals surface area (Å²) in [7, 11) is 1.84. The number of hydrogen-bond acceptors (Lipinski definition) is 11. The zero-order chi connectivity index (χ0) is 41.0. The molecule has 0 bridgehead atoms. The van der Waals surface area contributed by atoms with E-state index in [1.807, 2.05) is 18.0 Å². The summed E-state index contributed by atoms with van der Waals surface area (Å²) < 4.78 is 0. The Balaban J connectivity index is 0.789.